The van der Waals surface area contributed by atoms with Gasteiger partial charge in [-0.25, -0.2) is 13.4 Å². The highest BCUT2D eigenvalue weighted by Crippen LogP contribution is 2.34. The van der Waals surface area contributed by atoms with Crippen molar-refractivity contribution in [3.63, 3.8) is 0 Å². The third kappa shape index (κ3) is 3.66. The summed E-state index contributed by atoms with van der Waals surface area (Å²) in [6, 6.07) is 18.5. The van der Waals surface area contributed by atoms with E-state index in [0.717, 1.165) is 0 Å². The molecule has 0 aliphatic heterocycles. The zero-order valence-electron chi connectivity index (χ0n) is 18.1. The number of halogens is 1. The summed E-state index contributed by atoms with van der Waals surface area (Å²) >= 11 is 5.92. The lowest BCUT2D eigenvalue weighted by atomic mass is 10.2. The molecule has 3 aromatic carbocycles. The van der Waals surface area contributed by atoms with Crippen LogP contribution >= 0.6 is 11.6 Å². The van der Waals surface area contributed by atoms with Crippen LogP contribution in [0.3, 0.4) is 0 Å². The molecule has 0 saturated carbocycles. The number of ether oxygens (including phenoxy) is 2. The van der Waals surface area contributed by atoms with E-state index in [-0.39, 0.29) is 15.6 Å². The molecule has 0 radical (unpaired) electrons. The summed E-state index contributed by atoms with van der Waals surface area (Å²) in [6.07, 6.45) is 0. The molecule has 0 saturated heterocycles. The molecule has 0 aliphatic rings. The highest BCUT2D eigenvalue weighted by Gasteiger charge is 2.27. The van der Waals surface area contributed by atoms with Crippen molar-refractivity contribution < 1.29 is 17.9 Å². The number of rotatable bonds is 6. The van der Waals surface area contributed by atoms with Crippen LogP contribution in [0.4, 0.5) is 11.5 Å². The molecule has 9 nitrogen and oxygen atoms in total. The summed E-state index contributed by atoms with van der Waals surface area (Å²) in [5, 5.41) is 12.2. The molecule has 0 atom stereocenters. The Bertz CT molecular complexity index is 1640. The van der Waals surface area contributed by atoms with Crippen molar-refractivity contribution in [2.75, 3.05) is 19.5 Å². The Labute approximate surface area is 199 Å². The van der Waals surface area contributed by atoms with Crippen LogP contribution in [0.1, 0.15) is 0 Å². The number of nitrogens with zero attached hydrogens (tertiary/aromatic N) is 4. The Morgan fingerprint density at radius 2 is 1.74 bits per heavy atom. The van der Waals surface area contributed by atoms with Crippen LogP contribution < -0.4 is 14.8 Å². The van der Waals surface area contributed by atoms with Crippen LogP contribution in [0.25, 0.3) is 16.6 Å². The second-order valence-electron chi connectivity index (χ2n) is 7.26. The molecule has 0 fully saturated rings. The fraction of sp³-hybridized carbons (Fsp3) is 0.0870. The van der Waals surface area contributed by atoms with Crippen LogP contribution in [-0.4, -0.2) is 42.4 Å². The molecule has 5 rings (SSSR count). The number of nitrogens with one attached hydrogen (secondary N) is 1. The molecule has 0 aliphatic carbocycles. The fourth-order valence-corrected chi connectivity index (χ4v) is 4.93. The summed E-state index contributed by atoms with van der Waals surface area (Å²) in [5.74, 6) is 1.58. The molecule has 0 spiro atoms. The second-order valence-corrected chi connectivity index (χ2v) is 9.56. The predicted octanol–water partition coefficient (Wildman–Crippen LogP) is 4.52. The number of para-hydroxylation sites is 1. The van der Waals surface area contributed by atoms with Gasteiger partial charge in [0, 0.05) is 16.5 Å². The van der Waals surface area contributed by atoms with Gasteiger partial charge in [-0.15, -0.1) is 5.10 Å². The van der Waals surface area contributed by atoms with Crippen molar-refractivity contribution in [2.24, 2.45) is 0 Å². The van der Waals surface area contributed by atoms with Gasteiger partial charge in [0.15, 0.2) is 5.65 Å². The first kappa shape index (κ1) is 21.9. The minimum absolute atomic E-state index is 0.0422. The molecule has 2 heterocycles. The van der Waals surface area contributed by atoms with Crippen molar-refractivity contribution >= 4 is 49.5 Å². The molecule has 0 bridgehead atoms. The van der Waals surface area contributed by atoms with Gasteiger partial charge in [0.1, 0.15) is 17.3 Å². The number of hydrogen-bond acceptors (Lipinski definition) is 8. The largest absolute Gasteiger partial charge is 0.497 e. The molecule has 0 unspecified atom stereocenters. The van der Waals surface area contributed by atoms with Crippen molar-refractivity contribution in [3.8, 4) is 11.5 Å². The Hall–Kier alpha value is -3.89. The first-order valence-electron chi connectivity index (χ1n) is 10.1. The zero-order chi connectivity index (χ0) is 23.9. The number of sulfone groups is 1. The Kier molecular flexibility index (Phi) is 5.46. The zero-order valence-corrected chi connectivity index (χ0v) is 19.6. The van der Waals surface area contributed by atoms with Gasteiger partial charge >= 0.3 is 0 Å². The third-order valence-electron chi connectivity index (χ3n) is 5.26. The lowest BCUT2D eigenvalue weighted by molar-refractivity contribution is 0.395. The van der Waals surface area contributed by atoms with Crippen LogP contribution in [0, 0.1) is 0 Å². The van der Waals surface area contributed by atoms with Gasteiger partial charge in [-0.05, 0) is 48.5 Å². The van der Waals surface area contributed by atoms with E-state index in [2.05, 4.69) is 20.6 Å². The smallest absolute Gasteiger partial charge is 0.229 e. The summed E-state index contributed by atoms with van der Waals surface area (Å²) in [7, 11) is -0.886. The molecule has 172 valence electrons. The standard InChI is InChI=1S/C23H18ClN5O4S/c1-32-15-9-12-18(20(13-15)33-2)25-21-17-5-3-4-6-19(17)29-22(26-21)23(27-28-29)34(30,31)16-10-7-14(24)8-11-16/h3-13H,1-2H3,(H,25,26). The van der Waals surface area contributed by atoms with E-state index in [9.17, 15) is 8.42 Å². The fourth-order valence-electron chi connectivity index (χ4n) is 3.57. The average Bonchev–Trinajstić information content (AvgIpc) is 3.29. The Morgan fingerprint density at radius 3 is 2.47 bits per heavy atom. The van der Waals surface area contributed by atoms with Crippen LogP contribution in [0.2, 0.25) is 5.02 Å². The number of anilines is 2. The summed E-state index contributed by atoms with van der Waals surface area (Å²) in [5.41, 5.74) is 1.34. The van der Waals surface area contributed by atoms with Crippen molar-refractivity contribution in [1.29, 1.82) is 0 Å². The molecule has 1 N–H and O–H groups in total. The monoisotopic (exact) mass is 495 g/mol. The van der Waals surface area contributed by atoms with Gasteiger partial charge in [0.05, 0.1) is 30.3 Å². The maximum atomic E-state index is 13.3. The first-order valence-corrected chi connectivity index (χ1v) is 11.9. The Balaban J connectivity index is 1.71. The quantitative estimate of drug-likeness (QED) is 0.366. The minimum atomic E-state index is -4.00. The van der Waals surface area contributed by atoms with Gasteiger partial charge in [-0.3, -0.25) is 0 Å². The second kappa shape index (κ2) is 8.47. The SMILES string of the molecule is COc1ccc(Nc2nc3c(S(=O)(=O)c4ccc(Cl)cc4)nnn3c3ccccc23)c(OC)c1. The summed E-state index contributed by atoms with van der Waals surface area (Å²) in [4.78, 5) is 4.66. The summed E-state index contributed by atoms with van der Waals surface area (Å²) in [6.45, 7) is 0. The van der Waals surface area contributed by atoms with Crippen molar-refractivity contribution in [2.45, 2.75) is 9.92 Å². The highest BCUT2D eigenvalue weighted by molar-refractivity contribution is 7.91. The van der Waals surface area contributed by atoms with E-state index in [0.29, 0.717) is 38.9 Å². The van der Waals surface area contributed by atoms with Crippen LogP contribution in [0.5, 0.6) is 11.5 Å². The molecule has 34 heavy (non-hydrogen) atoms. The lowest BCUT2D eigenvalue weighted by Gasteiger charge is -2.14. The third-order valence-corrected chi connectivity index (χ3v) is 7.18. The number of aromatic nitrogens is 4. The molecule has 0 amide bonds. The van der Waals surface area contributed by atoms with E-state index in [1.165, 1.54) is 28.8 Å². The van der Waals surface area contributed by atoms with E-state index < -0.39 is 9.84 Å². The van der Waals surface area contributed by atoms with Gasteiger partial charge in [-0.1, -0.05) is 28.9 Å². The average molecular weight is 496 g/mol. The molecule has 5 aromatic rings. The number of benzene rings is 3. The Morgan fingerprint density at radius 1 is 0.971 bits per heavy atom. The van der Waals surface area contributed by atoms with E-state index in [1.807, 2.05) is 24.3 Å². The normalized spacial score (nSPS) is 11.6. The maximum absolute atomic E-state index is 13.3. The van der Waals surface area contributed by atoms with Gasteiger partial charge in [-0.2, -0.15) is 4.52 Å². The predicted molar refractivity (Wildman–Crippen MR) is 128 cm³/mol. The summed E-state index contributed by atoms with van der Waals surface area (Å²) < 4.78 is 38.8. The molecular formula is C23H18ClN5O4S. The minimum Gasteiger partial charge on any atom is -0.497 e. The van der Waals surface area contributed by atoms with Gasteiger partial charge < -0.3 is 14.8 Å². The number of fused-ring (bicyclic) bond motifs is 3. The van der Waals surface area contributed by atoms with E-state index >= 15 is 0 Å². The number of hydrogen-bond donors (Lipinski definition) is 1. The highest BCUT2D eigenvalue weighted by atomic mass is 35.5. The topological polar surface area (TPSA) is 108 Å². The molecule has 11 heteroatoms. The van der Waals surface area contributed by atoms with Gasteiger partial charge in [0.25, 0.3) is 0 Å². The molecular weight excluding hydrogens is 478 g/mol. The first-order chi connectivity index (χ1) is 16.4. The van der Waals surface area contributed by atoms with Crippen molar-refractivity contribution in [1.82, 2.24) is 19.8 Å². The van der Waals surface area contributed by atoms with E-state index in [1.54, 1.807) is 32.4 Å². The van der Waals surface area contributed by atoms with Crippen molar-refractivity contribution in [3.05, 3.63) is 71.8 Å². The van der Waals surface area contributed by atoms with Gasteiger partial charge in [0.2, 0.25) is 14.9 Å². The lowest BCUT2D eigenvalue weighted by Crippen LogP contribution is -2.06. The van der Waals surface area contributed by atoms with E-state index in [4.69, 9.17) is 21.1 Å². The molecule has 2 aromatic heterocycles. The van der Waals surface area contributed by atoms with Crippen LogP contribution in [-0.2, 0) is 9.84 Å². The van der Waals surface area contributed by atoms with Crippen LogP contribution in [0.15, 0.2) is 76.7 Å². The number of methoxy groups -OCH3 is 2. The maximum Gasteiger partial charge on any atom is 0.229 e.